The highest BCUT2D eigenvalue weighted by Crippen LogP contribution is 2.22. The maximum absolute atomic E-state index is 12.5. The van der Waals surface area contributed by atoms with E-state index in [1.807, 2.05) is 36.9 Å². The van der Waals surface area contributed by atoms with E-state index in [1.165, 1.54) is 0 Å². The molecule has 0 spiro atoms. The summed E-state index contributed by atoms with van der Waals surface area (Å²) in [4.78, 5) is 14.8. The van der Waals surface area contributed by atoms with E-state index in [0.29, 0.717) is 4.99 Å². The van der Waals surface area contributed by atoms with Crippen LogP contribution in [-0.2, 0) is 0 Å². The molecule has 1 aromatic rings. The zero-order chi connectivity index (χ0) is 13.3. The first-order chi connectivity index (χ1) is 8.50. The Hall–Kier alpha value is -1.42. The molecule has 1 unspecified atom stereocenters. The Morgan fingerprint density at radius 1 is 1.44 bits per heavy atom. The molecule has 0 aliphatic carbocycles. The van der Waals surface area contributed by atoms with Gasteiger partial charge in [-0.2, -0.15) is 0 Å². The molecule has 1 aliphatic rings. The summed E-state index contributed by atoms with van der Waals surface area (Å²) in [5.74, 6) is 0.0477. The molecule has 1 fully saturated rings. The molecule has 1 amide bonds. The minimum atomic E-state index is -0.0765. The largest absolute Gasteiger partial charge is 0.392 e. The Morgan fingerprint density at radius 3 is 2.83 bits per heavy atom. The van der Waals surface area contributed by atoms with Crippen molar-refractivity contribution in [1.82, 2.24) is 4.90 Å². The fraction of sp³-hybridized carbons (Fsp3) is 0.429. The first-order valence-corrected chi connectivity index (χ1v) is 6.59. The maximum Gasteiger partial charge on any atom is 0.254 e. The van der Waals surface area contributed by atoms with Gasteiger partial charge in [0.05, 0.1) is 11.0 Å². The molecule has 1 atom stereocenters. The summed E-state index contributed by atoms with van der Waals surface area (Å²) in [6, 6.07) is 5.86. The summed E-state index contributed by atoms with van der Waals surface area (Å²) in [6.07, 6.45) is 1.85. The molecule has 1 heterocycles. The third-order valence-electron chi connectivity index (χ3n) is 3.47. The molecule has 18 heavy (non-hydrogen) atoms. The lowest BCUT2D eigenvalue weighted by molar-refractivity contribution is 0.0769. The average Bonchev–Trinajstić information content (AvgIpc) is 2.80. The summed E-state index contributed by atoms with van der Waals surface area (Å²) in [5.41, 5.74) is 8.56. The minimum Gasteiger partial charge on any atom is -0.392 e. The second kappa shape index (κ2) is 5.06. The van der Waals surface area contributed by atoms with Gasteiger partial charge in [-0.1, -0.05) is 29.9 Å². The number of nitrogens with zero attached hydrogens (tertiary/aromatic N) is 1. The van der Waals surface area contributed by atoms with Crippen molar-refractivity contribution in [1.29, 1.82) is 0 Å². The maximum atomic E-state index is 12.5. The van der Waals surface area contributed by atoms with Gasteiger partial charge in [0.25, 0.3) is 5.91 Å². The van der Waals surface area contributed by atoms with E-state index < -0.39 is 0 Å². The number of thiocarbonyl (C=S) groups is 1. The van der Waals surface area contributed by atoms with Crippen LogP contribution in [-0.4, -0.2) is 28.4 Å². The molecule has 0 aromatic heterocycles. The van der Waals surface area contributed by atoms with Crippen molar-refractivity contribution in [2.45, 2.75) is 32.7 Å². The van der Waals surface area contributed by atoms with Crippen molar-refractivity contribution in [2.75, 3.05) is 6.54 Å². The van der Waals surface area contributed by atoms with Crippen molar-refractivity contribution < 1.29 is 4.79 Å². The lowest BCUT2D eigenvalue weighted by Gasteiger charge is -2.24. The van der Waals surface area contributed by atoms with E-state index in [4.69, 9.17) is 18.0 Å². The van der Waals surface area contributed by atoms with Crippen LogP contribution in [0.15, 0.2) is 18.2 Å². The van der Waals surface area contributed by atoms with Crippen LogP contribution in [0.2, 0.25) is 0 Å². The van der Waals surface area contributed by atoms with Crippen molar-refractivity contribution in [3.05, 3.63) is 34.9 Å². The van der Waals surface area contributed by atoms with Crippen molar-refractivity contribution in [2.24, 2.45) is 5.73 Å². The third-order valence-corrected chi connectivity index (χ3v) is 3.74. The van der Waals surface area contributed by atoms with Gasteiger partial charge in [-0.3, -0.25) is 4.79 Å². The standard InChI is InChI=1S/C14H18N2OS/c1-9-5-6-10(2)11(8-9)14(17)16-7-3-4-12(16)13(15)18/h5-6,8,12H,3-4,7H2,1-2H3,(H2,15,18). The summed E-state index contributed by atoms with van der Waals surface area (Å²) < 4.78 is 0. The summed E-state index contributed by atoms with van der Waals surface area (Å²) in [6.45, 7) is 4.69. The molecule has 1 aliphatic heterocycles. The monoisotopic (exact) mass is 262 g/mol. The van der Waals surface area contributed by atoms with Crippen LogP contribution in [0.3, 0.4) is 0 Å². The Kier molecular flexibility index (Phi) is 3.66. The first-order valence-electron chi connectivity index (χ1n) is 6.18. The van der Waals surface area contributed by atoms with Gasteiger partial charge in [0.1, 0.15) is 0 Å². The lowest BCUT2D eigenvalue weighted by atomic mass is 10.0. The van der Waals surface area contributed by atoms with Gasteiger partial charge in [-0.25, -0.2) is 0 Å². The van der Waals surface area contributed by atoms with Gasteiger partial charge in [0.2, 0.25) is 0 Å². The summed E-state index contributed by atoms with van der Waals surface area (Å²) in [5, 5.41) is 0. The number of amides is 1. The predicted octanol–water partition coefficient (Wildman–Crippen LogP) is 2.19. The Labute approximate surface area is 113 Å². The van der Waals surface area contributed by atoms with E-state index in [-0.39, 0.29) is 11.9 Å². The molecule has 2 rings (SSSR count). The van der Waals surface area contributed by atoms with Crippen LogP contribution in [0, 0.1) is 13.8 Å². The van der Waals surface area contributed by atoms with Crippen LogP contribution in [0.5, 0.6) is 0 Å². The smallest absolute Gasteiger partial charge is 0.254 e. The average molecular weight is 262 g/mol. The molecule has 1 aromatic carbocycles. The highest BCUT2D eigenvalue weighted by Gasteiger charge is 2.31. The zero-order valence-electron chi connectivity index (χ0n) is 10.8. The Morgan fingerprint density at radius 2 is 2.17 bits per heavy atom. The fourth-order valence-corrected chi connectivity index (χ4v) is 2.67. The van der Waals surface area contributed by atoms with Gasteiger partial charge in [0.15, 0.2) is 0 Å². The number of aryl methyl sites for hydroxylation is 2. The normalized spacial score (nSPS) is 19.0. The highest BCUT2D eigenvalue weighted by atomic mass is 32.1. The second-order valence-corrected chi connectivity index (χ2v) is 5.35. The van der Waals surface area contributed by atoms with Gasteiger partial charge in [-0.15, -0.1) is 0 Å². The first kappa shape index (κ1) is 13.0. The van der Waals surface area contributed by atoms with E-state index in [1.54, 1.807) is 0 Å². The van der Waals surface area contributed by atoms with Gasteiger partial charge < -0.3 is 10.6 Å². The minimum absolute atomic E-state index is 0.0477. The highest BCUT2D eigenvalue weighted by molar-refractivity contribution is 7.80. The molecule has 0 saturated carbocycles. The molecular weight excluding hydrogens is 244 g/mol. The molecule has 0 bridgehead atoms. The predicted molar refractivity (Wildman–Crippen MR) is 76.8 cm³/mol. The molecule has 4 heteroatoms. The summed E-state index contributed by atoms with van der Waals surface area (Å²) >= 11 is 5.04. The van der Waals surface area contributed by atoms with E-state index in [9.17, 15) is 4.79 Å². The number of benzene rings is 1. The van der Waals surface area contributed by atoms with Crippen molar-refractivity contribution >= 4 is 23.1 Å². The fourth-order valence-electron chi connectivity index (χ4n) is 2.43. The molecular formula is C14H18N2OS. The lowest BCUT2D eigenvalue weighted by Crippen LogP contribution is -2.43. The number of nitrogens with two attached hydrogens (primary N) is 1. The number of carbonyl (C=O) groups excluding carboxylic acids is 1. The molecule has 0 radical (unpaired) electrons. The number of hydrogen-bond acceptors (Lipinski definition) is 2. The van der Waals surface area contributed by atoms with Crippen LogP contribution in [0.25, 0.3) is 0 Å². The Balaban J connectivity index is 2.31. The second-order valence-electron chi connectivity index (χ2n) is 4.88. The van der Waals surface area contributed by atoms with Gasteiger partial charge in [-0.05, 0) is 38.3 Å². The molecule has 3 nitrogen and oxygen atoms in total. The quantitative estimate of drug-likeness (QED) is 0.831. The Bertz CT molecular complexity index is 499. The number of hydrogen-bond donors (Lipinski definition) is 1. The van der Waals surface area contributed by atoms with Gasteiger partial charge in [0, 0.05) is 12.1 Å². The topological polar surface area (TPSA) is 46.3 Å². The molecule has 96 valence electrons. The molecule has 1 saturated heterocycles. The third kappa shape index (κ3) is 2.38. The number of likely N-dealkylation sites (tertiary alicyclic amines) is 1. The van der Waals surface area contributed by atoms with Crippen LogP contribution >= 0.6 is 12.2 Å². The van der Waals surface area contributed by atoms with E-state index in [2.05, 4.69) is 0 Å². The molecule has 2 N–H and O–H groups in total. The van der Waals surface area contributed by atoms with Gasteiger partial charge >= 0.3 is 0 Å². The van der Waals surface area contributed by atoms with E-state index in [0.717, 1.165) is 36.1 Å². The van der Waals surface area contributed by atoms with Crippen LogP contribution < -0.4 is 5.73 Å². The van der Waals surface area contributed by atoms with Crippen LogP contribution in [0.4, 0.5) is 0 Å². The number of rotatable bonds is 2. The number of carbonyl (C=O) groups is 1. The summed E-state index contributed by atoms with van der Waals surface area (Å²) in [7, 11) is 0. The van der Waals surface area contributed by atoms with Crippen molar-refractivity contribution in [3.63, 3.8) is 0 Å². The van der Waals surface area contributed by atoms with Crippen LogP contribution in [0.1, 0.15) is 34.3 Å². The SMILES string of the molecule is Cc1ccc(C)c(C(=O)N2CCCC2C(N)=S)c1. The van der Waals surface area contributed by atoms with E-state index >= 15 is 0 Å². The van der Waals surface area contributed by atoms with Crippen molar-refractivity contribution in [3.8, 4) is 0 Å². The zero-order valence-corrected chi connectivity index (χ0v) is 11.6.